The van der Waals surface area contributed by atoms with E-state index in [-0.39, 0.29) is 0 Å². The first-order valence-corrected chi connectivity index (χ1v) is 5.45. The largest absolute Gasteiger partial charge is 0.354 e. The molecule has 1 saturated heterocycles. The molecule has 3 heteroatoms. The molecule has 1 unspecified atom stereocenters. The summed E-state index contributed by atoms with van der Waals surface area (Å²) >= 11 is 0. The van der Waals surface area contributed by atoms with Crippen LogP contribution >= 0.6 is 0 Å². The van der Waals surface area contributed by atoms with E-state index in [2.05, 4.69) is 22.9 Å². The summed E-state index contributed by atoms with van der Waals surface area (Å²) in [7, 11) is 0. The van der Waals surface area contributed by atoms with Crippen molar-refractivity contribution in [2.45, 2.75) is 32.2 Å². The van der Waals surface area contributed by atoms with Gasteiger partial charge in [0.2, 0.25) is 0 Å². The number of aromatic nitrogens is 1. The number of piperidine rings is 1. The molecule has 0 radical (unpaired) electrons. The van der Waals surface area contributed by atoms with Crippen LogP contribution in [-0.2, 0) is 0 Å². The monoisotopic (exact) mass is 201 g/mol. The van der Waals surface area contributed by atoms with Crippen LogP contribution in [0, 0.1) is 11.3 Å². The van der Waals surface area contributed by atoms with Crippen LogP contribution in [0.3, 0.4) is 0 Å². The van der Waals surface area contributed by atoms with Crippen molar-refractivity contribution in [3.05, 3.63) is 23.9 Å². The average molecular weight is 201 g/mol. The lowest BCUT2D eigenvalue weighted by atomic mass is 10.0. The first kappa shape index (κ1) is 9.97. The van der Waals surface area contributed by atoms with Gasteiger partial charge in [-0.3, -0.25) is 0 Å². The number of anilines is 1. The Labute approximate surface area is 90.4 Å². The molecule has 0 saturated carbocycles. The van der Waals surface area contributed by atoms with Gasteiger partial charge in [0.05, 0.1) is 0 Å². The van der Waals surface area contributed by atoms with E-state index in [1.165, 1.54) is 19.3 Å². The number of pyridine rings is 1. The maximum atomic E-state index is 8.80. The fourth-order valence-electron chi connectivity index (χ4n) is 2.08. The summed E-state index contributed by atoms with van der Waals surface area (Å²) in [6.45, 7) is 3.28. The first-order valence-electron chi connectivity index (χ1n) is 5.45. The average Bonchev–Trinajstić information content (AvgIpc) is 2.30. The molecule has 2 heterocycles. The quantitative estimate of drug-likeness (QED) is 0.700. The molecule has 0 bridgehead atoms. The summed E-state index contributed by atoms with van der Waals surface area (Å²) in [6.07, 6.45) is 3.75. The lowest BCUT2D eigenvalue weighted by Gasteiger charge is -2.34. The van der Waals surface area contributed by atoms with Crippen LogP contribution in [0.2, 0.25) is 0 Å². The van der Waals surface area contributed by atoms with Gasteiger partial charge in [0, 0.05) is 12.6 Å². The van der Waals surface area contributed by atoms with Gasteiger partial charge >= 0.3 is 0 Å². The van der Waals surface area contributed by atoms with Crippen molar-refractivity contribution in [3.8, 4) is 6.07 Å². The maximum absolute atomic E-state index is 8.80. The molecule has 78 valence electrons. The third kappa shape index (κ3) is 2.10. The molecule has 0 N–H and O–H groups in total. The fourth-order valence-corrected chi connectivity index (χ4v) is 2.08. The topological polar surface area (TPSA) is 39.9 Å². The summed E-state index contributed by atoms with van der Waals surface area (Å²) < 4.78 is 0. The summed E-state index contributed by atoms with van der Waals surface area (Å²) in [4.78, 5) is 6.63. The van der Waals surface area contributed by atoms with Crippen molar-refractivity contribution < 1.29 is 0 Å². The molecular formula is C12H15N3. The first-order chi connectivity index (χ1) is 7.31. The van der Waals surface area contributed by atoms with Crippen LogP contribution in [0.1, 0.15) is 31.9 Å². The zero-order chi connectivity index (χ0) is 10.7. The van der Waals surface area contributed by atoms with Crippen LogP contribution in [0.4, 0.5) is 5.82 Å². The minimum absolute atomic E-state index is 0.505. The highest BCUT2D eigenvalue weighted by Crippen LogP contribution is 2.22. The highest BCUT2D eigenvalue weighted by molar-refractivity contribution is 5.42. The lowest BCUT2D eigenvalue weighted by Crippen LogP contribution is -2.38. The van der Waals surface area contributed by atoms with Crippen molar-refractivity contribution in [1.82, 2.24) is 4.98 Å². The fraction of sp³-hybridized carbons (Fsp3) is 0.500. The van der Waals surface area contributed by atoms with Crippen molar-refractivity contribution in [3.63, 3.8) is 0 Å². The van der Waals surface area contributed by atoms with Gasteiger partial charge in [0.15, 0.2) is 0 Å². The second-order valence-electron chi connectivity index (χ2n) is 4.03. The van der Waals surface area contributed by atoms with Gasteiger partial charge < -0.3 is 4.90 Å². The Morgan fingerprint density at radius 2 is 2.33 bits per heavy atom. The number of hydrogen-bond acceptors (Lipinski definition) is 3. The smallest absolute Gasteiger partial charge is 0.142 e. The van der Waals surface area contributed by atoms with Gasteiger partial charge in [-0.05, 0) is 38.3 Å². The van der Waals surface area contributed by atoms with E-state index >= 15 is 0 Å². The molecule has 3 nitrogen and oxygen atoms in total. The van der Waals surface area contributed by atoms with Crippen LogP contribution in [0.5, 0.6) is 0 Å². The Morgan fingerprint density at radius 1 is 1.47 bits per heavy atom. The number of nitriles is 1. The van der Waals surface area contributed by atoms with E-state index in [4.69, 9.17) is 5.26 Å². The SMILES string of the molecule is CC1CCCCN1c1cccc(C#N)n1. The van der Waals surface area contributed by atoms with Crippen molar-refractivity contribution in [2.24, 2.45) is 0 Å². The van der Waals surface area contributed by atoms with Crippen LogP contribution in [0.25, 0.3) is 0 Å². The normalized spacial score (nSPS) is 21.1. The Hall–Kier alpha value is -1.56. The summed E-state index contributed by atoms with van der Waals surface area (Å²) in [5, 5.41) is 8.80. The van der Waals surface area contributed by atoms with Crippen LogP contribution in [-0.4, -0.2) is 17.6 Å². The van der Waals surface area contributed by atoms with Gasteiger partial charge in [-0.1, -0.05) is 6.07 Å². The Morgan fingerprint density at radius 3 is 3.07 bits per heavy atom. The summed E-state index contributed by atoms with van der Waals surface area (Å²) in [5.74, 6) is 0.946. The van der Waals surface area contributed by atoms with Gasteiger partial charge in [0.1, 0.15) is 17.6 Å². The third-order valence-electron chi connectivity index (χ3n) is 2.95. The summed E-state index contributed by atoms with van der Waals surface area (Å²) in [5.41, 5.74) is 0.505. The standard InChI is InChI=1S/C12H15N3/c1-10-5-2-3-8-15(10)12-7-4-6-11(9-13)14-12/h4,6-7,10H,2-3,5,8H2,1H3. The molecule has 1 aromatic rings. The second kappa shape index (κ2) is 4.31. The van der Waals surface area contributed by atoms with Gasteiger partial charge in [-0.15, -0.1) is 0 Å². The Kier molecular flexibility index (Phi) is 2.86. The highest BCUT2D eigenvalue weighted by atomic mass is 15.2. The zero-order valence-corrected chi connectivity index (χ0v) is 8.98. The van der Waals surface area contributed by atoms with E-state index in [0.29, 0.717) is 11.7 Å². The molecule has 1 fully saturated rings. The van der Waals surface area contributed by atoms with Crippen molar-refractivity contribution >= 4 is 5.82 Å². The molecular weight excluding hydrogens is 186 g/mol. The molecule has 15 heavy (non-hydrogen) atoms. The van der Waals surface area contributed by atoms with Crippen molar-refractivity contribution in [2.75, 3.05) is 11.4 Å². The molecule has 0 aliphatic carbocycles. The van der Waals surface area contributed by atoms with E-state index in [1.54, 1.807) is 6.07 Å². The van der Waals surface area contributed by atoms with E-state index in [9.17, 15) is 0 Å². The second-order valence-corrected chi connectivity index (χ2v) is 4.03. The Balaban J connectivity index is 2.24. The molecule has 0 aromatic carbocycles. The molecule has 1 atom stereocenters. The zero-order valence-electron chi connectivity index (χ0n) is 8.98. The maximum Gasteiger partial charge on any atom is 0.142 e. The lowest BCUT2D eigenvalue weighted by molar-refractivity contribution is 0.481. The van der Waals surface area contributed by atoms with E-state index < -0.39 is 0 Å². The Bertz CT molecular complexity index is 381. The number of rotatable bonds is 1. The number of nitrogens with zero attached hydrogens (tertiary/aromatic N) is 3. The van der Waals surface area contributed by atoms with E-state index in [0.717, 1.165) is 12.4 Å². The number of hydrogen-bond donors (Lipinski definition) is 0. The van der Waals surface area contributed by atoms with Crippen LogP contribution in [0.15, 0.2) is 18.2 Å². The molecule has 2 rings (SSSR count). The molecule has 0 amide bonds. The predicted molar refractivity (Wildman–Crippen MR) is 59.6 cm³/mol. The van der Waals surface area contributed by atoms with Crippen LogP contribution < -0.4 is 4.90 Å². The van der Waals surface area contributed by atoms with Gasteiger partial charge in [-0.25, -0.2) is 4.98 Å². The summed E-state index contributed by atoms with van der Waals surface area (Å²) in [6, 6.07) is 8.27. The van der Waals surface area contributed by atoms with Gasteiger partial charge in [0.25, 0.3) is 0 Å². The third-order valence-corrected chi connectivity index (χ3v) is 2.95. The van der Waals surface area contributed by atoms with E-state index in [1.807, 2.05) is 12.1 Å². The van der Waals surface area contributed by atoms with Gasteiger partial charge in [-0.2, -0.15) is 5.26 Å². The minimum Gasteiger partial charge on any atom is -0.354 e. The predicted octanol–water partition coefficient (Wildman–Crippen LogP) is 2.33. The highest BCUT2D eigenvalue weighted by Gasteiger charge is 2.19. The van der Waals surface area contributed by atoms with Crippen molar-refractivity contribution in [1.29, 1.82) is 5.26 Å². The molecule has 0 spiro atoms. The molecule has 1 aliphatic heterocycles. The minimum atomic E-state index is 0.505. The molecule has 1 aromatic heterocycles. The molecule has 1 aliphatic rings.